The van der Waals surface area contributed by atoms with Crippen molar-refractivity contribution in [2.24, 2.45) is 0 Å². The van der Waals surface area contributed by atoms with Gasteiger partial charge < -0.3 is 14.8 Å². The van der Waals surface area contributed by atoms with Crippen LogP contribution >= 0.6 is 15.9 Å². The number of halogens is 1. The normalized spacial score (nSPS) is 14.4. The summed E-state index contributed by atoms with van der Waals surface area (Å²) in [6.45, 7) is 4.46. The van der Waals surface area contributed by atoms with Crippen molar-refractivity contribution in [3.8, 4) is 5.75 Å². The number of carbonyl (C=O) groups is 1. The van der Waals surface area contributed by atoms with E-state index in [0.29, 0.717) is 12.3 Å². The summed E-state index contributed by atoms with van der Waals surface area (Å²) in [4.78, 5) is 25.6. The third-order valence-corrected chi connectivity index (χ3v) is 4.97. The Kier molecular flexibility index (Phi) is 7.56. The molecule has 8 nitrogen and oxygen atoms in total. The molecule has 1 aliphatic heterocycles. The third-order valence-electron chi connectivity index (χ3n) is 4.48. The Bertz CT molecular complexity index is 871. The lowest BCUT2D eigenvalue weighted by Gasteiger charge is -2.26. The van der Waals surface area contributed by atoms with Gasteiger partial charge in [-0.1, -0.05) is 22.0 Å². The van der Waals surface area contributed by atoms with Crippen LogP contribution in [0.4, 0.5) is 11.4 Å². The highest BCUT2D eigenvalue weighted by Crippen LogP contribution is 2.28. The van der Waals surface area contributed by atoms with Crippen LogP contribution in [0.25, 0.3) is 0 Å². The molecule has 1 saturated heterocycles. The highest BCUT2D eigenvalue weighted by Gasteiger charge is 2.19. The van der Waals surface area contributed by atoms with Crippen molar-refractivity contribution in [2.45, 2.75) is 6.42 Å². The van der Waals surface area contributed by atoms with Crippen LogP contribution in [0.15, 0.2) is 46.9 Å². The summed E-state index contributed by atoms with van der Waals surface area (Å²) in [7, 11) is 0. The van der Waals surface area contributed by atoms with Crippen LogP contribution in [0.2, 0.25) is 0 Å². The van der Waals surface area contributed by atoms with E-state index < -0.39 is 10.8 Å². The molecule has 0 spiro atoms. The van der Waals surface area contributed by atoms with Crippen molar-refractivity contribution in [1.82, 2.24) is 4.90 Å². The first kappa shape index (κ1) is 21.2. The number of ether oxygens (including phenoxy) is 2. The fourth-order valence-electron chi connectivity index (χ4n) is 2.99. The summed E-state index contributed by atoms with van der Waals surface area (Å²) in [5, 5.41) is 14.2. The van der Waals surface area contributed by atoms with Crippen LogP contribution in [0.3, 0.4) is 0 Å². The van der Waals surface area contributed by atoms with Crippen LogP contribution in [-0.2, 0) is 4.74 Å². The predicted molar refractivity (Wildman–Crippen MR) is 113 cm³/mol. The van der Waals surface area contributed by atoms with Gasteiger partial charge in [0.05, 0.1) is 24.7 Å². The third kappa shape index (κ3) is 6.25. The molecule has 2 aromatic carbocycles. The lowest BCUT2D eigenvalue weighted by molar-refractivity contribution is -0.385. The van der Waals surface area contributed by atoms with E-state index in [1.54, 1.807) is 18.2 Å². The summed E-state index contributed by atoms with van der Waals surface area (Å²) >= 11 is 3.34. The van der Waals surface area contributed by atoms with E-state index in [-0.39, 0.29) is 17.0 Å². The fourth-order valence-corrected chi connectivity index (χ4v) is 3.39. The van der Waals surface area contributed by atoms with Crippen molar-refractivity contribution in [3.63, 3.8) is 0 Å². The van der Waals surface area contributed by atoms with Gasteiger partial charge in [0.2, 0.25) is 0 Å². The molecular formula is C20H22BrN3O5. The minimum absolute atomic E-state index is 0.163. The van der Waals surface area contributed by atoms with Gasteiger partial charge in [-0.05, 0) is 36.8 Å². The molecule has 0 aliphatic carbocycles. The number of hydrogen-bond donors (Lipinski definition) is 1. The number of carbonyl (C=O) groups excluding carboxylic acids is 1. The summed E-state index contributed by atoms with van der Waals surface area (Å²) in [6, 6.07) is 11.4. The zero-order valence-electron chi connectivity index (χ0n) is 15.8. The first-order chi connectivity index (χ1) is 14.0. The Labute approximate surface area is 177 Å². The van der Waals surface area contributed by atoms with Gasteiger partial charge in [-0.25, -0.2) is 0 Å². The van der Waals surface area contributed by atoms with Gasteiger partial charge in [0, 0.05) is 41.4 Å². The zero-order valence-corrected chi connectivity index (χ0v) is 17.4. The number of nitrogens with zero attached hydrogens (tertiary/aromatic N) is 2. The highest BCUT2D eigenvalue weighted by molar-refractivity contribution is 9.10. The smallest absolute Gasteiger partial charge is 0.311 e. The number of hydrogen-bond acceptors (Lipinski definition) is 6. The first-order valence-corrected chi connectivity index (χ1v) is 10.1. The topological polar surface area (TPSA) is 93.9 Å². The molecule has 1 heterocycles. The molecule has 29 heavy (non-hydrogen) atoms. The quantitative estimate of drug-likeness (QED) is 0.364. The van der Waals surface area contributed by atoms with E-state index in [2.05, 4.69) is 26.1 Å². The number of morpholine rings is 1. The monoisotopic (exact) mass is 463 g/mol. The molecule has 0 aromatic heterocycles. The number of nitro benzene ring substituents is 1. The van der Waals surface area contributed by atoms with E-state index in [0.717, 1.165) is 43.7 Å². The van der Waals surface area contributed by atoms with Gasteiger partial charge in [0.1, 0.15) is 0 Å². The fraction of sp³-hybridized carbons (Fsp3) is 0.350. The van der Waals surface area contributed by atoms with Crippen LogP contribution in [-0.4, -0.2) is 55.2 Å². The van der Waals surface area contributed by atoms with E-state index in [1.807, 2.05) is 6.07 Å². The molecule has 0 radical (unpaired) electrons. The van der Waals surface area contributed by atoms with Crippen LogP contribution in [0.1, 0.15) is 16.8 Å². The molecule has 3 rings (SSSR count). The van der Waals surface area contributed by atoms with Crippen molar-refractivity contribution in [3.05, 3.63) is 62.6 Å². The average molecular weight is 464 g/mol. The van der Waals surface area contributed by atoms with Crippen molar-refractivity contribution in [1.29, 1.82) is 0 Å². The summed E-state index contributed by atoms with van der Waals surface area (Å²) < 4.78 is 11.8. The second kappa shape index (κ2) is 10.3. The second-order valence-corrected chi connectivity index (χ2v) is 7.48. The molecule has 1 amide bonds. The summed E-state index contributed by atoms with van der Waals surface area (Å²) in [5.74, 6) is -0.263. The molecular weight excluding hydrogens is 442 g/mol. The van der Waals surface area contributed by atoms with E-state index >= 15 is 0 Å². The maximum absolute atomic E-state index is 12.4. The van der Waals surface area contributed by atoms with Crippen LogP contribution in [0, 0.1) is 10.1 Å². The molecule has 0 unspecified atom stereocenters. The Hall–Kier alpha value is -2.49. The highest BCUT2D eigenvalue weighted by atomic mass is 79.9. The zero-order chi connectivity index (χ0) is 20.6. The first-order valence-electron chi connectivity index (χ1n) is 9.31. The maximum Gasteiger partial charge on any atom is 0.311 e. The summed E-state index contributed by atoms with van der Waals surface area (Å²) in [6.07, 6.45) is 0.752. The lowest BCUT2D eigenvalue weighted by atomic mass is 10.1. The second-order valence-electron chi connectivity index (χ2n) is 6.56. The largest absolute Gasteiger partial charge is 0.487 e. The molecule has 2 aromatic rings. The van der Waals surface area contributed by atoms with Crippen LogP contribution in [0.5, 0.6) is 5.75 Å². The molecule has 1 N–H and O–H groups in total. The van der Waals surface area contributed by atoms with E-state index in [1.165, 1.54) is 18.2 Å². The molecule has 1 fully saturated rings. The number of anilines is 1. The number of nitro groups is 1. The van der Waals surface area contributed by atoms with Gasteiger partial charge in [0.15, 0.2) is 5.75 Å². The lowest BCUT2D eigenvalue weighted by Crippen LogP contribution is -2.37. The van der Waals surface area contributed by atoms with Gasteiger partial charge in [-0.15, -0.1) is 0 Å². The van der Waals surface area contributed by atoms with Gasteiger partial charge in [-0.3, -0.25) is 19.8 Å². The Morgan fingerprint density at radius 3 is 2.76 bits per heavy atom. The Morgan fingerprint density at radius 1 is 1.24 bits per heavy atom. The Morgan fingerprint density at radius 2 is 2.03 bits per heavy atom. The predicted octanol–water partition coefficient (Wildman–Crippen LogP) is 3.71. The molecule has 0 atom stereocenters. The molecule has 0 saturated carbocycles. The van der Waals surface area contributed by atoms with Gasteiger partial charge in [-0.2, -0.15) is 0 Å². The maximum atomic E-state index is 12.4. The molecule has 0 bridgehead atoms. The van der Waals surface area contributed by atoms with Crippen molar-refractivity contribution >= 4 is 33.2 Å². The van der Waals surface area contributed by atoms with Crippen LogP contribution < -0.4 is 10.1 Å². The summed E-state index contributed by atoms with van der Waals surface area (Å²) in [5.41, 5.74) is 0.561. The van der Waals surface area contributed by atoms with E-state index in [9.17, 15) is 14.9 Å². The van der Waals surface area contributed by atoms with Crippen molar-refractivity contribution in [2.75, 3.05) is 44.8 Å². The number of amides is 1. The number of nitrogens with one attached hydrogen (secondary N) is 1. The SMILES string of the molecule is O=C(Nc1cccc(Br)c1)c1ccc(OCCCN2CCOCC2)c([N+](=O)[O-])c1. The van der Waals surface area contributed by atoms with Crippen molar-refractivity contribution < 1.29 is 19.2 Å². The van der Waals surface area contributed by atoms with Gasteiger partial charge in [0.25, 0.3) is 5.91 Å². The minimum Gasteiger partial charge on any atom is -0.487 e. The Balaban J connectivity index is 1.60. The average Bonchev–Trinajstić information content (AvgIpc) is 2.72. The van der Waals surface area contributed by atoms with Gasteiger partial charge >= 0.3 is 5.69 Å². The number of benzene rings is 2. The van der Waals surface area contributed by atoms with E-state index in [4.69, 9.17) is 9.47 Å². The number of rotatable bonds is 8. The molecule has 9 heteroatoms. The molecule has 154 valence electrons. The minimum atomic E-state index is -0.535. The molecule has 1 aliphatic rings. The standard InChI is InChI=1S/C20H22BrN3O5/c21-16-3-1-4-17(14-16)22-20(25)15-5-6-19(18(13-15)24(26)27)29-10-2-7-23-8-11-28-12-9-23/h1,3-6,13-14H,2,7-12H2,(H,22,25).